The summed E-state index contributed by atoms with van der Waals surface area (Å²) in [5.74, 6) is 1.14. The van der Waals surface area contributed by atoms with Crippen LogP contribution in [0.2, 0.25) is 0 Å². The predicted octanol–water partition coefficient (Wildman–Crippen LogP) is 6.57. The lowest BCUT2D eigenvalue weighted by Gasteiger charge is -2.26. The minimum Gasteiger partial charge on any atom is -0.497 e. The van der Waals surface area contributed by atoms with Crippen LogP contribution < -0.4 is 15.4 Å². The topological polar surface area (TPSA) is 42.6 Å². The van der Waals surface area contributed by atoms with Crippen LogP contribution in [0, 0.1) is 6.57 Å². The van der Waals surface area contributed by atoms with Crippen molar-refractivity contribution < 1.29 is 4.74 Å². The highest BCUT2D eigenvalue weighted by Crippen LogP contribution is 2.40. The molecule has 2 aliphatic rings. The standard InChI is InChI=1S/C30H38N4O/c1-31-24-11-12-30-28(20-24)29(21-34(30)25-8-4-3-5-9-25)27(22-7-6-10-26(19-22)35-2)15-18-33-23-13-16-32-17-14-23/h6-7,10-12,19-21,23,25,27,32-33H,3-5,8-9,13-18H2,2H3. The zero-order valence-electron chi connectivity index (χ0n) is 20.9. The number of benzene rings is 2. The lowest BCUT2D eigenvalue weighted by atomic mass is 9.88. The minimum atomic E-state index is 0.243. The van der Waals surface area contributed by atoms with Crippen LogP contribution in [-0.2, 0) is 0 Å². The number of methoxy groups -OCH3 is 1. The van der Waals surface area contributed by atoms with E-state index in [1.54, 1.807) is 7.11 Å². The highest BCUT2D eigenvalue weighted by Gasteiger charge is 2.24. The number of nitrogens with zero attached hydrogens (tertiary/aromatic N) is 2. The summed E-state index contributed by atoms with van der Waals surface area (Å²) in [6, 6.07) is 16.0. The molecule has 1 aromatic heterocycles. The summed E-state index contributed by atoms with van der Waals surface area (Å²) in [5, 5.41) is 8.53. The van der Waals surface area contributed by atoms with Gasteiger partial charge in [-0.3, -0.25) is 0 Å². The van der Waals surface area contributed by atoms with Gasteiger partial charge < -0.3 is 19.9 Å². The van der Waals surface area contributed by atoms with Gasteiger partial charge in [-0.2, -0.15) is 0 Å². The molecule has 1 atom stereocenters. The van der Waals surface area contributed by atoms with Gasteiger partial charge in [-0.25, -0.2) is 4.85 Å². The quantitative estimate of drug-likeness (QED) is 0.366. The Hall–Kier alpha value is -2.81. The van der Waals surface area contributed by atoms with Crippen molar-refractivity contribution in [2.45, 2.75) is 69.4 Å². The van der Waals surface area contributed by atoms with Gasteiger partial charge in [-0.1, -0.05) is 37.5 Å². The number of piperidine rings is 1. The SMILES string of the molecule is [C-]#[N+]c1ccc2c(c1)c(C(CCNC1CCNCC1)c1cccc(OC)c1)cn2C1CCCCC1. The van der Waals surface area contributed by atoms with Gasteiger partial charge in [0.2, 0.25) is 0 Å². The third-order valence-electron chi connectivity index (χ3n) is 8.02. The molecular weight excluding hydrogens is 432 g/mol. The number of ether oxygens (including phenoxy) is 1. The van der Waals surface area contributed by atoms with Gasteiger partial charge in [0, 0.05) is 29.7 Å². The molecule has 0 amide bonds. The van der Waals surface area contributed by atoms with Gasteiger partial charge in [-0.05, 0) is 92.5 Å². The Kier molecular flexibility index (Phi) is 7.71. The van der Waals surface area contributed by atoms with Gasteiger partial charge in [-0.15, -0.1) is 0 Å². The van der Waals surface area contributed by atoms with Crippen LogP contribution in [0.1, 0.15) is 74.5 Å². The fraction of sp³-hybridized carbons (Fsp3) is 0.500. The van der Waals surface area contributed by atoms with Gasteiger partial charge in [0.1, 0.15) is 5.75 Å². The Bertz CT molecular complexity index is 1160. The van der Waals surface area contributed by atoms with E-state index in [-0.39, 0.29) is 5.92 Å². The summed E-state index contributed by atoms with van der Waals surface area (Å²) >= 11 is 0. The molecule has 5 heteroatoms. The fourth-order valence-electron chi connectivity index (χ4n) is 6.10. The highest BCUT2D eigenvalue weighted by molar-refractivity contribution is 5.88. The average molecular weight is 471 g/mol. The molecule has 1 saturated heterocycles. The van der Waals surface area contributed by atoms with Crippen LogP contribution in [0.4, 0.5) is 5.69 Å². The molecular formula is C30H38N4O. The smallest absolute Gasteiger partial charge is 0.187 e. The van der Waals surface area contributed by atoms with Crippen LogP contribution in [0.5, 0.6) is 5.75 Å². The van der Waals surface area contributed by atoms with E-state index in [9.17, 15) is 0 Å². The van der Waals surface area contributed by atoms with E-state index < -0.39 is 0 Å². The number of nitrogens with one attached hydrogen (secondary N) is 2. The maximum Gasteiger partial charge on any atom is 0.187 e. The van der Waals surface area contributed by atoms with E-state index in [2.05, 4.69) is 56.6 Å². The van der Waals surface area contributed by atoms with E-state index in [1.807, 2.05) is 12.1 Å². The van der Waals surface area contributed by atoms with E-state index in [0.29, 0.717) is 12.1 Å². The van der Waals surface area contributed by atoms with Crippen LogP contribution in [0.3, 0.4) is 0 Å². The summed E-state index contributed by atoms with van der Waals surface area (Å²) in [6.07, 6.45) is 12.3. The van der Waals surface area contributed by atoms with Crippen molar-refractivity contribution >= 4 is 16.6 Å². The summed E-state index contributed by atoms with van der Waals surface area (Å²) in [5.41, 5.74) is 4.62. The maximum atomic E-state index is 7.63. The molecule has 3 aromatic rings. The second kappa shape index (κ2) is 11.3. The van der Waals surface area contributed by atoms with Crippen molar-refractivity contribution in [1.82, 2.24) is 15.2 Å². The molecule has 0 radical (unpaired) electrons. The van der Waals surface area contributed by atoms with Gasteiger partial charge in [0.25, 0.3) is 0 Å². The summed E-state index contributed by atoms with van der Waals surface area (Å²) < 4.78 is 8.13. The number of hydrogen-bond acceptors (Lipinski definition) is 3. The second-order valence-electron chi connectivity index (χ2n) is 10.2. The lowest BCUT2D eigenvalue weighted by molar-refractivity contribution is 0.360. The summed E-state index contributed by atoms with van der Waals surface area (Å²) in [4.78, 5) is 3.77. The molecule has 1 aliphatic carbocycles. The molecule has 35 heavy (non-hydrogen) atoms. The first-order valence-electron chi connectivity index (χ1n) is 13.4. The largest absolute Gasteiger partial charge is 0.497 e. The number of aromatic nitrogens is 1. The molecule has 1 aliphatic heterocycles. The number of hydrogen-bond donors (Lipinski definition) is 2. The van der Waals surface area contributed by atoms with Gasteiger partial charge in [0.05, 0.1) is 13.7 Å². The van der Waals surface area contributed by atoms with E-state index >= 15 is 0 Å². The van der Waals surface area contributed by atoms with Crippen molar-refractivity contribution in [1.29, 1.82) is 0 Å². The normalized spacial score (nSPS) is 18.4. The molecule has 1 saturated carbocycles. The first-order valence-corrected chi connectivity index (χ1v) is 13.4. The predicted molar refractivity (Wildman–Crippen MR) is 144 cm³/mol. The molecule has 5 rings (SSSR count). The Morgan fingerprint density at radius 1 is 1.09 bits per heavy atom. The first kappa shape index (κ1) is 23.9. The molecule has 2 heterocycles. The molecule has 5 nitrogen and oxygen atoms in total. The van der Waals surface area contributed by atoms with Crippen LogP contribution in [-0.4, -0.2) is 37.4 Å². The third kappa shape index (κ3) is 5.39. The van der Waals surface area contributed by atoms with E-state index in [0.717, 1.165) is 37.5 Å². The number of rotatable bonds is 8. The van der Waals surface area contributed by atoms with E-state index in [1.165, 1.54) is 67.0 Å². The Morgan fingerprint density at radius 2 is 1.91 bits per heavy atom. The van der Waals surface area contributed by atoms with Crippen molar-refractivity contribution in [3.05, 3.63) is 71.2 Å². The summed E-state index contributed by atoms with van der Waals surface area (Å²) in [6.45, 7) is 10.8. The van der Waals surface area contributed by atoms with Crippen LogP contribution >= 0.6 is 0 Å². The Balaban J connectivity index is 1.53. The minimum absolute atomic E-state index is 0.243. The van der Waals surface area contributed by atoms with Gasteiger partial charge in [0.15, 0.2) is 5.69 Å². The van der Waals surface area contributed by atoms with Crippen LogP contribution in [0.15, 0.2) is 48.7 Å². The van der Waals surface area contributed by atoms with E-state index in [4.69, 9.17) is 11.3 Å². The Labute approximate surface area is 209 Å². The monoisotopic (exact) mass is 470 g/mol. The lowest BCUT2D eigenvalue weighted by Crippen LogP contribution is -2.40. The van der Waals surface area contributed by atoms with Crippen molar-refractivity contribution in [3.8, 4) is 5.75 Å². The fourth-order valence-corrected chi connectivity index (χ4v) is 6.10. The average Bonchev–Trinajstić information content (AvgIpc) is 3.30. The van der Waals surface area contributed by atoms with Crippen LogP contribution in [0.25, 0.3) is 15.7 Å². The molecule has 2 N–H and O–H groups in total. The highest BCUT2D eigenvalue weighted by atomic mass is 16.5. The van der Waals surface area contributed by atoms with Crippen molar-refractivity contribution in [2.75, 3.05) is 26.7 Å². The molecule has 0 bridgehead atoms. The third-order valence-corrected chi connectivity index (χ3v) is 8.02. The zero-order valence-corrected chi connectivity index (χ0v) is 20.9. The maximum absolute atomic E-state index is 7.63. The number of fused-ring (bicyclic) bond motifs is 1. The molecule has 2 fully saturated rings. The van der Waals surface area contributed by atoms with Crippen molar-refractivity contribution in [3.63, 3.8) is 0 Å². The molecule has 0 spiro atoms. The molecule has 1 unspecified atom stereocenters. The molecule has 2 aromatic carbocycles. The second-order valence-corrected chi connectivity index (χ2v) is 10.2. The zero-order chi connectivity index (χ0) is 24.0. The summed E-state index contributed by atoms with van der Waals surface area (Å²) in [7, 11) is 1.74. The Morgan fingerprint density at radius 3 is 2.69 bits per heavy atom. The van der Waals surface area contributed by atoms with Crippen molar-refractivity contribution in [2.24, 2.45) is 0 Å². The molecule has 184 valence electrons. The first-order chi connectivity index (χ1) is 17.3. The van der Waals surface area contributed by atoms with Gasteiger partial charge >= 0.3 is 0 Å².